The first-order valence-electron chi connectivity index (χ1n) is 7.00. The molecule has 0 saturated heterocycles. The van der Waals surface area contributed by atoms with Gasteiger partial charge in [0.2, 0.25) is 16.8 Å². The van der Waals surface area contributed by atoms with Crippen LogP contribution < -0.4 is 10.3 Å². The lowest BCUT2D eigenvalue weighted by Gasteiger charge is -2.12. The molecule has 0 aliphatic rings. The molecule has 0 aliphatic carbocycles. The Morgan fingerprint density at radius 2 is 1.91 bits per heavy atom. The van der Waals surface area contributed by atoms with Gasteiger partial charge in [-0.15, -0.1) is 0 Å². The number of H-pyrrole nitrogens is 1. The van der Waals surface area contributed by atoms with E-state index in [-0.39, 0.29) is 11.6 Å². The van der Waals surface area contributed by atoms with Gasteiger partial charge in [-0.25, -0.2) is 13.9 Å². The molecule has 3 rings (SSSR count). The Labute approximate surface area is 135 Å². The van der Waals surface area contributed by atoms with E-state index in [1.54, 1.807) is 12.3 Å². The molecule has 2 aromatic heterocycles. The zero-order chi connectivity index (χ0) is 16.4. The smallest absolute Gasteiger partial charge is 0.249 e. The maximum atomic E-state index is 11.4. The highest BCUT2D eigenvalue weighted by molar-refractivity contribution is 7.77. The lowest BCUT2D eigenvalue weighted by atomic mass is 10.00. The highest BCUT2D eigenvalue weighted by Gasteiger charge is 2.09. The Morgan fingerprint density at radius 3 is 2.61 bits per heavy atom. The molecule has 118 valence electrons. The van der Waals surface area contributed by atoms with Crippen LogP contribution >= 0.6 is 0 Å². The molecule has 1 aromatic carbocycles. The Balaban J connectivity index is 2.00. The van der Waals surface area contributed by atoms with Crippen molar-refractivity contribution in [3.8, 4) is 11.1 Å². The lowest BCUT2D eigenvalue weighted by molar-refractivity contribution is 0.536. The molecule has 0 amide bonds. The maximum absolute atomic E-state index is 11.4. The normalized spacial score (nSPS) is 13.8. The van der Waals surface area contributed by atoms with E-state index in [0.717, 1.165) is 22.1 Å². The third-order valence-corrected chi connectivity index (χ3v) is 4.19. The van der Waals surface area contributed by atoms with Crippen LogP contribution in [0.25, 0.3) is 22.2 Å². The summed E-state index contributed by atoms with van der Waals surface area (Å²) >= 11 is -2.05. The Bertz CT molecular complexity index is 922. The molecule has 0 fully saturated rings. The maximum Gasteiger partial charge on any atom is 0.249 e. The van der Waals surface area contributed by atoms with E-state index in [1.807, 2.05) is 37.3 Å². The SMILES string of the molecule is C[C@H](NS(=O)O)c1ccc(-c2ccnc3[nH]c(=O)ccc23)cc1. The van der Waals surface area contributed by atoms with E-state index < -0.39 is 11.3 Å². The van der Waals surface area contributed by atoms with E-state index in [9.17, 15) is 9.00 Å². The fraction of sp³-hybridized carbons (Fsp3) is 0.125. The molecule has 0 spiro atoms. The van der Waals surface area contributed by atoms with Crippen LogP contribution in [0.1, 0.15) is 18.5 Å². The summed E-state index contributed by atoms with van der Waals surface area (Å²) in [4.78, 5) is 18.3. The van der Waals surface area contributed by atoms with Crippen LogP contribution in [-0.4, -0.2) is 18.7 Å². The van der Waals surface area contributed by atoms with Crippen molar-refractivity contribution in [3.05, 3.63) is 64.6 Å². The summed E-state index contributed by atoms with van der Waals surface area (Å²) < 4.78 is 22.2. The molecule has 6 nitrogen and oxygen atoms in total. The lowest BCUT2D eigenvalue weighted by Crippen LogP contribution is -2.20. The van der Waals surface area contributed by atoms with Crippen LogP contribution in [0.2, 0.25) is 0 Å². The molecule has 2 atom stereocenters. The molecular formula is C16H15N3O3S. The number of aromatic amines is 1. The van der Waals surface area contributed by atoms with Gasteiger partial charge in [0, 0.05) is 23.7 Å². The van der Waals surface area contributed by atoms with Crippen molar-refractivity contribution >= 4 is 22.3 Å². The second kappa shape index (κ2) is 6.41. The van der Waals surface area contributed by atoms with Gasteiger partial charge < -0.3 is 4.98 Å². The van der Waals surface area contributed by atoms with Gasteiger partial charge in [0.05, 0.1) is 0 Å². The number of hydrogen-bond acceptors (Lipinski definition) is 3. The Hall–Kier alpha value is -2.35. The molecular weight excluding hydrogens is 314 g/mol. The number of hydrogen-bond donors (Lipinski definition) is 3. The number of aromatic nitrogens is 2. The zero-order valence-electron chi connectivity index (χ0n) is 12.3. The summed E-state index contributed by atoms with van der Waals surface area (Å²) in [6.07, 6.45) is 1.65. The molecule has 1 unspecified atom stereocenters. The largest absolute Gasteiger partial charge is 0.307 e. The van der Waals surface area contributed by atoms with Crippen LogP contribution in [0.4, 0.5) is 0 Å². The summed E-state index contributed by atoms with van der Waals surface area (Å²) in [6, 6.07) is 12.6. The van der Waals surface area contributed by atoms with Crippen LogP contribution in [0, 0.1) is 0 Å². The van der Waals surface area contributed by atoms with Crippen LogP contribution in [0.5, 0.6) is 0 Å². The fourth-order valence-corrected chi connectivity index (χ4v) is 2.92. The molecule has 0 bridgehead atoms. The predicted molar refractivity (Wildman–Crippen MR) is 90.1 cm³/mol. The van der Waals surface area contributed by atoms with Gasteiger partial charge in [0.25, 0.3) is 0 Å². The number of rotatable bonds is 4. The van der Waals surface area contributed by atoms with Crippen molar-refractivity contribution in [1.29, 1.82) is 0 Å². The number of fused-ring (bicyclic) bond motifs is 1. The molecule has 23 heavy (non-hydrogen) atoms. The quantitative estimate of drug-likeness (QED) is 0.640. The van der Waals surface area contributed by atoms with Crippen molar-refractivity contribution < 1.29 is 8.76 Å². The first-order chi connectivity index (χ1) is 11.0. The molecule has 3 N–H and O–H groups in total. The number of nitrogens with one attached hydrogen (secondary N) is 2. The van der Waals surface area contributed by atoms with Crippen LogP contribution in [-0.2, 0) is 11.3 Å². The Kier molecular flexibility index (Phi) is 4.33. The molecule has 0 aliphatic heterocycles. The third-order valence-electron chi connectivity index (χ3n) is 3.63. The average Bonchev–Trinajstić information content (AvgIpc) is 2.53. The summed E-state index contributed by atoms with van der Waals surface area (Å²) in [6.45, 7) is 1.82. The van der Waals surface area contributed by atoms with E-state index in [4.69, 9.17) is 4.55 Å². The molecule has 0 saturated carbocycles. The van der Waals surface area contributed by atoms with Crippen LogP contribution in [0.3, 0.4) is 0 Å². The van der Waals surface area contributed by atoms with Gasteiger partial charge in [-0.3, -0.25) is 9.35 Å². The highest BCUT2D eigenvalue weighted by Crippen LogP contribution is 2.27. The van der Waals surface area contributed by atoms with Crippen molar-refractivity contribution in [1.82, 2.24) is 14.7 Å². The fourth-order valence-electron chi connectivity index (χ4n) is 2.48. The summed E-state index contributed by atoms with van der Waals surface area (Å²) in [5.41, 5.74) is 3.21. The van der Waals surface area contributed by atoms with E-state index >= 15 is 0 Å². The van der Waals surface area contributed by atoms with Crippen molar-refractivity contribution in [2.45, 2.75) is 13.0 Å². The Morgan fingerprint density at radius 1 is 1.17 bits per heavy atom. The molecule has 2 heterocycles. The highest BCUT2D eigenvalue weighted by atomic mass is 32.2. The summed E-state index contributed by atoms with van der Waals surface area (Å²) in [5, 5.41) is 0.863. The van der Waals surface area contributed by atoms with Gasteiger partial charge >= 0.3 is 0 Å². The molecule has 0 radical (unpaired) electrons. The van der Waals surface area contributed by atoms with Crippen molar-refractivity contribution in [2.24, 2.45) is 0 Å². The van der Waals surface area contributed by atoms with Gasteiger partial charge in [-0.1, -0.05) is 24.3 Å². The molecule has 7 heteroatoms. The summed E-state index contributed by atoms with van der Waals surface area (Å²) in [5.74, 6) is 0. The first kappa shape index (κ1) is 15.5. The average molecular weight is 329 g/mol. The standard InChI is InChI=1S/C16H15N3O3S/c1-10(19-23(21)22)11-2-4-12(5-3-11)13-8-9-17-16-14(13)6-7-15(20)18-16/h2-10,19H,1H3,(H,21,22)(H,17,18,20)/t10-/m0/s1. The monoisotopic (exact) mass is 329 g/mol. The van der Waals surface area contributed by atoms with Gasteiger partial charge in [0.1, 0.15) is 5.65 Å². The zero-order valence-corrected chi connectivity index (χ0v) is 13.1. The van der Waals surface area contributed by atoms with Crippen LogP contribution in [0.15, 0.2) is 53.5 Å². The number of pyridine rings is 2. The second-order valence-electron chi connectivity index (χ2n) is 5.15. The minimum absolute atomic E-state index is 0.186. The number of benzene rings is 1. The number of nitrogens with zero attached hydrogens (tertiary/aromatic N) is 1. The van der Waals surface area contributed by atoms with Gasteiger partial charge in [0.15, 0.2) is 0 Å². The topological polar surface area (TPSA) is 95.1 Å². The first-order valence-corrected chi connectivity index (χ1v) is 8.10. The van der Waals surface area contributed by atoms with Gasteiger partial charge in [-0.2, -0.15) is 0 Å². The predicted octanol–water partition coefficient (Wildman–Crippen LogP) is 2.38. The minimum atomic E-state index is -2.05. The van der Waals surface area contributed by atoms with E-state index in [0.29, 0.717) is 5.65 Å². The second-order valence-corrected chi connectivity index (χ2v) is 5.89. The van der Waals surface area contributed by atoms with E-state index in [1.165, 1.54) is 6.07 Å². The third kappa shape index (κ3) is 3.37. The summed E-state index contributed by atoms with van der Waals surface area (Å²) in [7, 11) is 0. The molecule has 3 aromatic rings. The minimum Gasteiger partial charge on any atom is -0.307 e. The van der Waals surface area contributed by atoms with Crippen molar-refractivity contribution in [3.63, 3.8) is 0 Å². The van der Waals surface area contributed by atoms with E-state index in [2.05, 4.69) is 14.7 Å². The van der Waals surface area contributed by atoms with Gasteiger partial charge in [-0.05, 0) is 35.7 Å². The van der Waals surface area contributed by atoms with Crippen molar-refractivity contribution in [2.75, 3.05) is 0 Å².